The summed E-state index contributed by atoms with van der Waals surface area (Å²) in [6, 6.07) is 0. The summed E-state index contributed by atoms with van der Waals surface area (Å²) in [5, 5.41) is 0. The Morgan fingerprint density at radius 2 is 0.487 bits per heavy atom. The van der Waals surface area contributed by atoms with Crippen LogP contribution in [-0.2, 0) is 28.6 Å². The molecule has 0 aromatic rings. The lowest BCUT2D eigenvalue weighted by Crippen LogP contribution is -2.30. The Labute approximate surface area is 494 Å². The summed E-state index contributed by atoms with van der Waals surface area (Å²) in [7, 11) is 0. The number of carbonyl (C=O) groups excluding carboxylic acids is 3. The van der Waals surface area contributed by atoms with Crippen LogP contribution in [0.2, 0.25) is 0 Å². The summed E-state index contributed by atoms with van der Waals surface area (Å²) >= 11 is 0. The summed E-state index contributed by atoms with van der Waals surface area (Å²) in [6.45, 7) is 6.36. The fourth-order valence-electron chi connectivity index (χ4n) is 9.26. The van der Waals surface area contributed by atoms with Crippen molar-refractivity contribution in [2.75, 3.05) is 13.2 Å². The molecule has 0 aliphatic carbocycles. The zero-order chi connectivity index (χ0) is 57.8. The molecule has 0 saturated heterocycles. The predicted molar refractivity (Wildman–Crippen MR) is 348 cm³/mol. The zero-order valence-electron chi connectivity index (χ0n) is 52.3. The van der Waals surface area contributed by atoms with Crippen LogP contribution in [0.1, 0.15) is 310 Å². The lowest BCUT2D eigenvalue weighted by Gasteiger charge is -2.18. The molecule has 0 amide bonds. The maximum Gasteiger partial charge on any atom is 0.306 e. The summed E-state index contributed by atoms with van der Waals surface area (Å²) < 4.78 is 16.8. The number of rotatable bonds is 60. The van der Waals surface area contributed by atoms with E-state index in [2.05, 4.69) is 142 Å². The Morgan fingerprint density at radius 3 is 0.762 bits per heavy atom. The third kappa shape index (κ3) is 64.6. The van der Waals surface area contributed by atoms with Crippen LogP contribution in [0.4, 0.5) is 0 Å². The van der Waals surface area contributed by atoms with Crippen molar-refractivity contribution in [2.45, 2.75) is 316 Å². The van der Waals surface area contributed by atoms with Crippen LogP contribution in [0.25, 0.3) is 0 Å². The normalized spacial score (nSPS) is 12.9. The molecule has 80 heavy (non-hydrogen) atoms. The first-order chi connectivity index (χ1) is 39.5. The minimum atomic E-state index is -0.780. The topological polar surface area (TPSA) is 78.9 Å². The second-order valence-corrected chi connectivity index (χ2v) is 22.0. The monoisotopic (exact) mass is 1110 g/mol. The van der Waals surface area contributed by atoms with Crippen molar-refractivity contribution in [3.8, 4) is 0 Å². The molecule has 6 nitrogen and oxygen atoms in total. The Morgan fingerprint density at radius 1 is 0.263 bits per heavy atom. The average Bonchev–Trinajstić information content (AvgIpc) is 3.46. The Hall–Kier alpha value is -4.19. The Balaban J connectivity index is 4.02. The number of esters is 3. The second kappa shape index (κ2) is 67.3. The highest BCUT2D eigenvalue weighted by Gasteiger charge is 2.19. The van der Waals surface area contributed by atoms with Crippen LogP contribution in [-0.4, -0.2) is 37.2 Å². The van der Waals surface area contributed by atoms with Gasteiger partial charge in [0.1, 0.15) is 13.2 Å². The molecular formula is C74H124O6. The molecule has 0 aromatic heterocycles. The molecule has 0 saturated carbocycles. The minimum Gasteiger partial charge on any atom is -0.462 e. The van der Waals surface area contributed by atoms with Gasteiger partial charge < -0.3 is 14.2 Å². The summed E-state index contributed by atoms with van der Waals surface area (Å²) in [4.78, 5) is 38.0. The Kier molecular flexibility index (Phi) is 63.8. The maximum atomic E-state index is 12.8. The molecule has 1 atom stereocenters. The summed E-state index contributed by atoms with van der Waals surface area (Å²) in [5.74, 6) is -0.890. The highest BCUT2D eigenvalue weighted by Crippen LogP contribution is 2.17. The SMILES string of the molecule is CC/C=C\C/C=C\C/C=C\C/C=C\C/C=C\C/C=C\CCCCCCCCCCCCCCCCCCC(=O)OCC(COC(=O)CCCCCCCC)OC(=O)CCCCCCCCCC/C=C\C/C=C\C/C=C\C/C=C\CC. The van der Waals surface area contributed by atoms with Gasteiger partial charge in [-0.2, -0.15) is 0 Å². The van der Waals surface area contributed by atoms with Crippen molar-refractivity contribution in [1.29, 1.82) is 0 Å². The van der Waals surface area contributed by atoms with Gasteiger partial charge in [0.05, 0.1) is 0 Å². The van der Waals surface area contributed by atoms with E-state index in [-0.39, 0.29) is 31.1 Å². The molecule has 0 aromatic carbocycles. The van der Waals surface area contributed by atoms with Crippen molar-refractivity contribution in [3.05, 3.63) is 122 Å². The van der Waals surface area contributed by atoms with Crippen LogP contribution in [0.15, 0.2) is 122 Å². The molecule has 0 heterocycles. The van der Waals surface area contributed by atoms with E-state index in [0.717, 1.165) is 128 Å². The van der Waals surface area contributed by atoms with Crippen molar-refractivity contribution < 1.29 is 28.6 Å². The average molecular weight is 1110 g/mol. The molecule has 0 aliphatic rings. The minimum absolute atomic E-state index is 0.0799. The third-order valence-corrected chi connectivity index (χ3v) is 14.2. The van der Waals surface area contributed by atoms with E-state index in [0.29, 0.717) is 19.3 Å². The second-order valence-electron chi connectivity index (χ2n) is 22.0. The first kappa shape index (κ1) is 75.8. The molecule has 0 radical (unpaired) electrons. The summed E-state index contributed by atoms with van der Waals surface area (Å²) in [6.07, 6.45) is 94.0. The van der Waals surface area contributed by atoms with Gasteiger partial charge in [0.25, 0.3) is 0 Å². The zero-order valence-corrected chi connectivity index (χ0v) is 52.3. The van der Waals surface area contributed by atoms with Crippen LogP contribution < -0.4 is 0 Å². The largest absolute Gasteiger partial charge is 0.462 e. The lowest BCUT2D eigenvalue weighted by atomic mass is 10.0. The molecule has 1 unspecified atom stereocenters. The number of unbranched alkanes of at least 4 members (excludes halogenated alkanes) is 29. The van der Waals surface area contributed by atoms with Gasteiger partial charge in [0.2, 0.25) is 0 Å². The van der Waals surface area contributed by atoms with Crippen LogP contribution >= 0.6 is 0 Å². The first-order valence-electron chi connectivity index (χ1n) is 33.5. The first-order valence-corrected chi connectivity index (χ1v) is 33.5. The van der Waals surface area contributed by atoms with Crippen molar-refractivity contribution in [3.63, 3.8) is 0 Å². The highest BCUT2D eigenvalue weighted by atomic mass is 16.6. The molecule has 0 N–H and O–H groups in total. The van der Waals surface area contributed by atoms with Gasteiger partial charge in [-0.05, 0) is 109 Å². The van der Waals surface area contributed by atoms with E-state index in [9.17, 15) is 14.4 Å². The van der Waals surface area contributed by atoms with Gasteiger partial charge in [-0.25, -0.2) is 0 Å². The predicted octanol–water partition coefficient (Wildman–Crippen LogP) is 23.2. The molecule has 0 rings (SSSR count). The molecule has 0 bridgehead atoms. The smallest absolute Gasteiger partial charge is 0.306 e. The van der Waals surface area contributed by atoms with Gasteiger partial charge in [-0.3, -0.25) is 14.4 Å². The number of hydrogen-bond donors (Lipinski definition) is 0. The highest BCUT2D eigenvalue weighted by molar-refractivity contribution is 5.71. The van der Waals surface area contributed by atoms with Gasteiger partial charge >= 0.3 is 17.9 Å². The molecule has 0 aliphatic heterocycles. The standard InChI is InChI=1S/C74H124O6/c1-4-7-10-13-16-18-20-22-24-26-28-30-31-32-33-34-35-36-37-38-39-40-41-42-43-45-46-48-50-52-54-56-58-61-64-67-73(76)79-70-71(69-78-72(75)66-63-60-15-12-9-6-3)80-74(77)68-65-62-59-57-55-53-51-49-47-44-29-27-25-23-21-19-17-14-11-8-5-2/h7-8,10-11,16-19,22-25,28-30,32-33,35-36,44,71H,4-6,9,12-15,20-21,26-27,31,34,37-43,45-70H2,1-3H3/b10-7-,11-8-,18-16-,19-17-,24-22-,25-23-,30-28-,33-32-,36-35-,44-29-. The van der Waals surface area contributed by atoms with E-state index >= 15 is 0 Å². The molecule has 456 valence electrons. The maximum absolute atomic E-state index is 12.8. The van der Waals surface area contributed by atoms with Crippen LogP contribution in [0, 0.1) is 0 Å². The van der Waals surface area contributed by atoms with E-state index < -0.39 is 6.10 Å². The Bertz CT molecular complexity index is 1650. The molecular weight excluding hydrogens is 985 g/mol. The van der Waals surface area contributed by atoms with E-state index in [1.54, 1.807) is 0 Å². The van der Waals surface area contributed by atoms with Gasteiger partial charge in [-0.1, -0.05) is 303 Å². The van der Waals surface area contributed by atoms with E-state index in [1.807, 2.05) is 0 Å². The quantitative estimate of drug-likeness (QED) is 0.0261. The van der Waals surface area contributed by atoms with E-state index in [1.165, 1.54) is 141 Å². The number of carbonyl (C=O) groups is 3. The van der Waals surface area contributed by atoms with Gasteiger partial charge in [0, 0.05) is 19.3 Å². The molecule has 6 heteroatoms. The van der Waals surface area contributed by atoms with Crippen molar-refractivity contribution in [2.24, 2.45) is 0 Å². The van der Waals surface area contributed by atoms with Crippen molar-refractivity contribution in [1.82, 2.24) is 0 Å². The summed E-state index contributed by atoms with van der Waals surface area (Å²) in [5.41, 5.74) is 0. The van der Waals surface area contributed by atoms with Crippen molar-refractivity contribution >= 4 is 17.9 Å². The fraction of sp³-hybridized carbons (Fsp3) is 0.689. The molecule has 0 spiro atoms. The number of allylic oxidation sites excluding steroid dienone is 20. The van der Waals surface area contributed by atoms with Crippen LogP contribution in [0.3, 0.4) is 0 Å². The molecule has 0 fully saturated rings. The van der Waals surface area contributed by atoms with Gasteiger partial charge in [-0.15, -0.1) is 0 Å². The van der Waals surface area contributed by atoms with Crippen LogP contribution in [0.5, 0.6) is 0 Å². The van der Waals surface area contributed by atoms with E-state index in [4.69, 9.17) is 14.2 Å². The number of hydrogen-bond acceptors (Lipinski definition) is 6. The number of ether oxygens (including phenoxy) is 3. The van der Waals surface area contributed by atoms with Gasteiger partial charge in [0.15, 0.2) is 6.10 Å². The fourth-order valence-corrected chi connectivity index (χ4v) is 9.26. The third-order valence-electron chi connectivity index (χ3n) is 14.2. The lowest BCUT2D eigenvalue weighted by molar-refractivity contribution is -0.167.